The van der Waals surface area contributed by atoms with E-state index in [1.807, 2.05) is 6.07 Å². The van der Waals surface area contributed by atoms with Crippen molar-refractivity contribution in [2.45, 2.75) is 45.1 Å². The highest BCUT2D eigenvalue weighted by atomic mass is 16.4. The molecule has 3 heteroatoms. The molecule has 0 spiro atoms. The Hall–Kier alpha value is -1.35. The zero-order valence-corrected chi connectivity index (χ0v) is 11.1. The predicted octanol–water partition coefficient (Wildman–Crippen LogP) is 3.38. The Bertz CT molecular complexity index is 553. The topological polar surface area (TPSA) is 38.1 Å². The lowest BCUT2D eigenvalue weighted by atomic mass is 9.91. The van der Waals surface area contributed by atoms with Gasteiger partial charge in [-0.25, -0.2) is 4.98 Å². The molecule has 1 unspecified atom stereocenters. The van der Waals surface area contributed by atoms with Gasteiger partial charge < -0.3 is 9.73 Å². The van der Waals surface area contributed by atoms with Gasteiger partial charge in [-0.1, -0.05) is 13.0 Å². The second kappa shape index (κ2) is 4.39. The zero-order chi connectivity index (χ0) is 12.6. The van der Waals surface area contributed by atoms with E-state index < -0.39 is 0 Å². The molecule has 1 fully saturated rings. The molecule has 2 aromatic rings. The molecule has 0 bridgehead atoms. The van der Waals surface area contributed by atoms with Crippen LogP contribution < -0.4 is 5.32 Å². The van der Waals surface area contributed by atoms with Crippen LogP contribution in [0, 0.1) is 0 Å². The minimum absolute atomic E-state index is 0.0936. The number of nitrogens with zero attached hydrogens (tertiary/aromatic N) is 1. The molecule has 1 aliphatic heterocycles. The van der Waals surface area contributed by atoms with Crippen LogP contribution in [0.5, 0.6) is 0 Å². The molecule has 1 aromatic heterocycles. The summed E-state index contributed by atoms with van der Waals surface area (Å²) in [5.74, 6) is 0.838. The van der Waals surface area contributed by atoms with E-state index in [1.165, 1.54) is 18.4 Å². The Morgan fingerprint density at radius 1 is 1.39 bits per heavy atom. The maximum atomic E-state index is 5.94. The van der Waals surface area contributed by atoms with E-state index >= 15 is 0 Å². The Balaban J connectivity index is 2.02. The molecule has 18 heavy (non-hydrogen) atoms. The van der Waals surface area contributed by atoms with E-state index in [0.29, 0.717) is 0 Å². The standard InChI is InChI=1S/C15H20N2O/c1-3-11-6-7-13-12(10-11)17-14(18-13)15(2)8-4-5-9-16-15/h6-7,10,16H,3-5,8-9H2,1-2H3. The maximum absolute atomic E-state index is 5.94. The summed E-state index contributed by atoms with van der Waals surface area (Å²) < 4.78 is 5.94. The summed E-state index contributed by atoms with van der Waals surface area (Å²) in [7, 11) is 0. The van der Waals surface area contributed by atoms with Crippen LogP contribution in [-0.4, -0.2) is 11.5 Å². The van der Waals surface area contributed by atoms with Crippen LogP contribution in [0.25, 0.3) is 11.1 Å². The van der Waals surface area contributed by atoms with Gasteiger partial charge in [-0.15, -0.1) is 0 Å². The monoisotopic (exact) mass is 244 g/mol. The summed E-state index contributed by atoms with van der Waals surface area (Å²) in [4.78, 5) is 4.69. The fraction of sp³-hybridized carbons (Fsp3) is 0.533. The normalized spacial score (nSPS) is 24.6. The van der Waals surface area contributed by atoms with Gasteiger partial charge in [0.15, 0.2) is 5.58 Å². The number of hydrogen-bond acceptors (Lipinski definition) is 3. The fourth-order valence-electron chi connectivity index (χ4n) is 2.67. The van der Waals surface area contributed by atoms with Crippen molar-refractivity contribution in [3.63, 3.8) is 0 Å². The highest BCUT2D eigenvalue weighted by molar-refractivity contribution is 5.73. The van der Waals surface area contributed by atoms with E-state index in [2.05, 4.69) is 36.3 Å². The Labute approximate surface area is 108 Å². The van der Waals surface area contributed by atoms with Gasteiger partial charge in [-0.05, 0) is 56.8 Å². The first-order valence-corrected chi connectivity index (χ1v) is 6.86. The first-order chi connectivity index (χ1) is 8.71. The van der Waals surface area contributed by atoms with Gasteiger partial charge in [-0.3, -0.25) is 0 Å². The summed E-state index contributed by atoms with van der Waals surface area (Å²) in [5, 5.41) is 3.55. The van der Waals surface area contributed by atoms with E-state index in [0.717, 1.165) is 36.4 Å². The van der Waals surface area contributed by atoms with E-state index in [4.69, 9.17) is 4.42 Å². The average Bonchev–Trinajstić information content (AvgIpc) is 2.83. The molecule has 0 aliphatic carbocycles. The number of fused-ring (bicyclic) bond motifs is 1. The number of piperidine rings is 1. The van der Waals surface area contributed by atoms with Crippen molar-refractivity contribution in [3.8, 4) is 0 Å². The predicted molar refractivity (Wildman–Crippen MR) is 72.6 cm³/mol. The first kappa shape index (κ1) is 11.7. The first-order valence-electron chi connectivity index (χ1n) is 6.86. The number of aryl methyl sites for hydroxylation is 1. The van der Waals surface area contributed by atoms with Crippen molar-refractivity contribution in [2.75, 3.05) is 6.54 Å². The molecule has 1 aromatic carbocycles. The number of nitrogens with one attached hydrogen (secondary N) is 1. The van der Waals surface area contributed by atoms with Crippen LogP contribution in [0.3, 0.4) is 0 Å². The van der Waals surface area contributed by atoms with Crippen molar-refractivity contribution in [3.05, 3.63) is 29.7 Å². The summed E-state index contributed by atoms with van der Waals surface area (Å²) in [6, 6.07) is 6.29. The third kappa shape index (κ3) is 1.93. The number of benzene rings is 1. The molecule has 3 nitrogen and oxygen atoms in total. The molecule has 1 aliphatic rings. The quantitative estimate of drug-likeness (QED) is 0.880. The van der Waals surface area contributed by atoms with Crippen molar-refractivity contribution < 1.29 is 4.42 Å². The molecule has 0 amide bonds. The molecule has 1 saturated heterocycles. The summed E-state index contributed by atoms with van der Waals surface area (Å²) in [5.41, 5.74) is 3.10. The molecular weight excluding hydrogens is 224 g/mol. The highest BCUT2D eigenvalue weighted by Gasteiger charge is 2.33. The SMILES string of the molecule is CCc1ccc2oc(C3(C)CCCCN3)nc2c1. The molecule has 1 atom stereocenters. The van der Waals surface area contributed by atoms with Crippen LogP contribution in [0.2, 0.25) is 0 Å². The zero-order valence-electron chi connectivity index (χ0n) is 11.1. The van der Waals surface area contributed by atoms with Gasteiger partial charge >= 0.3 is 0 Å². The fourth-order valence-corrected chi connectivity index (χ4v) is 2.67. The van der Waals surface area contributed by atoms with Crippen LogP contribution in [0.15, 0.2) is 22.6 Å². The lowest BCUT2D eigenvalue weighted by molar-refractivity contribution is 0.232. The van der Waals surface area contributed by atoms with Gasteiger partial charge in [0, 0.05) is 0 Å². The van der Waals surface area contributed by atoms with Gasteiger partial charge in [0.2, 0.25) is 5.89 Å². The average molecular weight is 244 g/mol. The third-order valence-electron chi connectivity index (χ3n) is 3.95. The summed E-state index contributed by atoms with van der Waals surface area (Å²) in [6.07, 6.45) is 4.62. The van der Waals surface area contributed by atoms with Crippen LogP contribution in [0.4, 0.5) is 0 Å². The van der Waals surface area contributed by atoms with Crippen molar-refractivity contribution in [2.24, 2.45) is 0 Å². The molecule has 2 heterocycles. The van der Waals surface area contributed by atoms with Gasteiger partial charge in [-0.2, -0.15) is 0 Å². The molecular formula is C15H20N2O. The second-order valence-electron chi connectivity index (χ2n) is 5.39. The van der Waals surface area contributed by atoms with E-state index in [1.54, 1.807) is 0 Å². The Morgan fingerprint density at radius 2 is 2.28 bits per heavy atom. The minimum atomic E-state index is -0.0936. The molecule has 3 rings (SSSR count). The van der Waals surface area contributed by atoms with E-state index in [-0.39, 0.29) is 5.54 Å². The van der Waals surface area contributed by atoms with E-state index in [9.17, 15) is 0 Å². The molecule has 0 saturated carbocycles. The lowest BCUT2D eigenvalue weighted by Crippen LogP contribution is -2.43. The van der Waals surface area contributed by atoms with Crippen LogP contribution >= 0.6 is 0 Å². The molecule has 1 N–H and O–H groups in total. The van der Waals surface area contributed by atoms with Crippen molar-refractivity contribution in [1.82, 2.24) is 10.3 Å². The number of aromatic nitrogens is 1. The largest absolute Gasteiger partial charge is 0.439 e. The van der Waals surface area contributed by atoms with Crippen LogP contribution in [-0.2, 0) is 12.0 Å². The highest BCUT2D eigenvalue weighted by Crippen LogP contribution is 2.31. The number of hydrogen-bond donors (Lipinski definition) is 1. The Morgan fingerprint density at radius 3 is 3.00 bits per heavy atom. The lowest BCUT2D eigenvalue weighted by Gasteiger charge is -2.31. The minimum Gasteiger partial charge on any atom is -0.439 e. The summed E-state index contributed by atoms with van der Waals surface area (Å²) >= 11 is 0. The Kier molecular flexibility index (Phi) is 2.86. The number of oxazole rings is 1. The van der Waals surface area contributed by atoms with Crippen LogP contribution in [0.1, 0.15) is 44.6 Å². The molecule has 96 valence electrons. The van der Waals surface area contributed by atoms with Gasteiger partial charge in [0.05, 0.1) is 5.54 Å². The smallest absolute Gasteiger partial charge is 0.215 e. The van der Waals surface area contributed by atoms with Crippen molar-refractivity contribution >= 4 is 11.1 Å². The van der Waals surface area contributed by atoms with Gasteiger partial charge in [0.25, 0.3) is 0 Å². The number of rotatable bonds is 2. The van der Waals surface area contributed by atoms with Gasteiger partial charge in [0.1, 0.15) is 5.52 Å². The third-order valence-corrected chi connectivity index (χ3v) is 3.95. The summed E-state index contributed by atoms with van der Waals surface area (Å²) in [6.45, 7) is 5.40. The maximum Gasteiger partial charge on any atom is 0.215 e. The second-order valence-corrected chi connectivity index (χ2v) is 5.39. The van der Waals surface area contributed by atoms with Crippen molar-refractivity contribution in [1.29, 1.82) is 0 Å². The molecule has 0 radical (unpaired) electrons.